The van der Waals surface area contributed by atoms with Crippen LogP contribution in [0.5, 0.6) is 5.88 Å². The van der Waals surface area contributed by atoms with E-state index in [1.165, 1.54) is 18.1 Å². The van der Waals surface area contributed by atoms with Crippen molar-refractivity contribution < 1.29 is 4.74 Å². The van der Waals surface area contributed by atoms with Crippen molar-refractivity contribution in [2.24, 2.45) is 0 Å². The quantitative estimate of drug-likeness (QED) is 0.872. The highest BCUT2D eigenvalue weighted by atomic mass is 32.2. The number of nitrogens with zero attached hydrogens (tertiary/aromatic N) is 3. The van der Waals surface area contributed by atoms with Gasteiger partial charge >= 0.3 is 0 Å². The molecule has 2 aromatic rings. The van der Waals surface area contributed by atoms with Crippen molar-refractivity contribution in [2.75, 3.05) is 5.73 Å². The molecule has 2 aromatic heterocycles. The average Bonchev–Trinajstić information content (AvgIpc) is 2.32. The van der Waals surface area contributed by atoms with E-state index in [9.17, 15) is 0 Å². The summed E-state index contributed by atoms with van der Waals surface area (Å²) >= 11 is 1.42. The molecule has 0 bridgehead atoms. The maximum atomic E-state index is 6.06. The second-order valence-electron chi connectivity index (χ2n) is 4.79. The molecule has 0 saturated carbocycles. The molecule has 6 heteroatoms. The topological polar surface area (TPSA) is 73.9 Å². The lowest BCUT2D eigenvalue weighted by molar-refractivity contribution is 0.233. The Kier molecular flexibility index (Phi) is 4.44. The lowest BCUT2D eigenvalue weighted by Crippen LogP contribution is -2.10. The molecule has 0 spiro atoms. The first kappa shape index (κ1) is 14.6. The second-order valence-corrected chi connectivity index (χ2v) is 5.80. The lowest BCUT2D eigenvalue weighted by atomic mass is 10.3. The van der Waals surface area contributed by atoms with Crippen molar-refractivity contribution in [3.63, 3.8) is 0 Å². The first-order valence-corrected chi connectivity index (χ1v) is 7.17. The van der Waals surface area contributed by atoms with E-state index in [4.69, 9.17) is 10.5 Å². The molecule has 0 amide bonds. The Morgan fingerprint density at radius 2 is 1.95 bits per heavy atom. The second kappa shape index (κ2) is 6.09. The van der Waals surface area contributed by atoms with Gasteiger partial charge in [0.05, 0.1) is 6.10 Å². The Morgan fingerprint density at radius 3 is 2.60 bits per heavy atom. The van der Waals surface area contributed by atoms with E-state index in [1.54, 1.807) is 0 Å². The van der Waals surface area contributed by atoms with Crippen molar-refractivity contribution in [1.82, 2.24) is 15.0 Å². The number of rotatable bonds is 4. The third-order valence-corrected chi connectivity index (χ3v) is 3.37. The van der Waals surface area contributed by atoms with Gasteiger partial charge in [-0.15, -0.1) is 0 Å². The Bertz CT molecular complexity index is 596. The Balaban J connectivity index is 2.29. The predicted molar refractivity (Wildman–Crippen MR) is 80.0 cm³/mol. The SMILES string of the molecule is Cc1cc(C)nc(Sc2ncnc(OC(C)C)c2N)c1. The zero-order chi connectivity index (χ0) is 14.7. The summed E-state index contributed by atoms with van der Waals surface area (Å²) in [6.07, 6.45) is 1.48. The van der Waals surface area contributed by atoms with E-state index in [0.717, 1.165) is 16.3 Å². The van der Waals surface area contributed by atoms with Gasteiger partial charge in [-0.05, 0) is 57.2 Å². The smallest absolute Gasteiger partial charge is 0.241 e. The van der Waals surface area contributed by atoms with Crippen LogP contribution >= 0.6 is 11.8 Å². The number of anilines is 1. The van der Waals surface area contributed by atoms with Crippen LogP contribution in [0.4, 0.5) is 5.69 Å². The molecule has 0 aliphatic heterocycles. The zero-order valence-electron chi connectivity index (χ0n) is 12.0. The molecule has 0 fully saturated rings. The number of hydrogen-bond acceptors (Lipinski definition) is 6. The minimum absolute atomic E-state index is 0.0180. The standard InChI is InChI=1S/C14H18N4OS/c1-8(2)19-13-12(15)14(17-7-16-13)20-11-6-9(3)5-10(4)18-11/h5-8H,15H2,1-4H3. The highest BCUT2D eigenvalue weighted by molar-refractivity contribution is 7.99. The van der Waals surface area contributed by atoms with Gasteiger partial charge in [-0.1, -0.05) is 0 Å². The van der Waals surface area contributed by atoms with Crippen LogP contribution in [-0.4, -0.2) is 21.1 Å². The minimum atomic E-state index is 0.0180. The van der Waals surface area contributed by atoms with Crippen molar-refractivity contribution in [3.8, 4) is 5.88 Å². The van der Waals surface area contributed by atoms with Crippen molar-refractivity contribution >= 4 is 17.4 Å². The van der Waals surface area contributed by atoms with Gasteiger partial charge in [0.25, 0.3) is 0 Å². The molecule has 20 heavy (non-hydrogen) atoms. The fourth-order valence-corrected chi connectivity index (χ4v) is 2.65. The van der Waals surface area contributed by atoms with Crippen LogP contribution in [0.1, 0.15) is 25.1 Å². The van der Waals surface area contributed by atoms with Crippen LogP contribution < -0.4 is 10.5 Å². The highest BCUT2D eigenvalue weighted by Gasteiger charge is 2.12. The van der Waals surface area contributed by atoms with Gasteiger partial charge in [0.2, 0.25) is 5.88 Å². The molecule has 0 saturated heterocycles. The molecule has 0 unspecified atom stereocenters. The third kappa shape index (κ3) is 3.60. The molecule has 0 aromatic carbocycles. The molecule has 2 heterocycles. The van der Waals surface area contributed by atoms with E-state index in [0.29, 0.717) is 16.6 Å². The summed E-state index contributed by atoms with van der Waals surface area (Å²) in [6, 6.07) is 4.03. The molecule has 2 N–H and O–H groups in total. The van der Waals surface area contributed by atoms with Gasteiger partial charge in [-0.2, -0.15) is 4.98 Å². The van der Waals surface area contributed by atoms with Crippen LogP contribution in [-0.2, 0) is 0 Å². The van der Waals surface area contributed by atoms with Gasteiger partial charge in [-0.25, -0.2) is 9.97 Å². The Hall–Kier alpha value is -1.82. The third-order valence-electron chi connectivity index (χ3n) is 2.43. The summed E-state index contributed by atoms with van der Waals surface area (Å²) in [5, 5.41) is 1.52. The van der Waals surface area contributed by atoms with Crippen LogP contribution in [0, 0.1) is 13.8 Å². The average molecular weight is 290 g/mol. The van der Waals surface area contributed by atoms with Gasteiger partial charge < -0.3 is 10.5 Å². The van der Waals surface area contributed by atoms with Crippen molar-refractivity contribution in [2.45, 2.75) is 43.9 Å². The zero-order valence-corrected chi connectivity index (χ0v) is 12.9. The summed E-state index contributed by atoms with van der Waals surface area (Å²) in [7, 11) is 0. The number of aryl methyl sites for hydroxylation is 2. The van der Waals surface area contributed by atoms with Gasteiger partial charge in [0, 0.05) is 5.69 Å². The number of nitrogen functional groups attached to an aromatic ring is 1. The molecule has 0 aliphatic rings. The van der Waals surface area contributed by atoms with Crippen molar-refractivity contribution in [1.29, 1.82) is 0 Å². The molecular formula is C14H18N4OS. The van der Waals surface area contributed by atoms with E-state index in [-0.39, 0.29) is 6.10 Å². The monoisotopic (exact) mass is 290 g/mol. The Labute approximate surface area is 123 Å². The number of pyridine rings is 1. The summed E-state index contributed by atoms with van der Waals surface area (Å²) in [5.74, 6) is 0.418. The highest BCUT2D eigenvalue weighted by Crippen LogP contribution is 2.33. The summed E-state index contributed by atoms with van der Waals surface area (Å²) in [5.41, 5.74) is 8.64. The van der Waals surface area contributed by atoms with E-state index >= 15 is 0 Å². The number of hydrogen-bond donors (Lipinski definition) is 1. The van der Waals surface area contributed by atoms with Crippen molar-refractivity contribution in [3.05, 3.63) is 29.7 Å². The Morgan fingerprint density at radius 1 is 1.20 bits per heavy atom. The molecule has 106 valence electrons. The fraction of sp³-hybridized carbons (Fsp3) is 0.357. The fourth-order valence-electron chi connectivity index (χ4n) is 1.72. The van der Waals surface area contributed by atoms with Crippen LogP contribution in [0.15, 0.2) is 28.5 Å². The molecule has 5 nitrogen and oxygen atoms in total. The van der Waals surface area contributed by atoms with Crippen LogP contribution in [0.2, 0.25) is 0 Å². The first-order chi connectivity index (χ1) is 9.45. The minimum Gasteiger partial charge on any atom is -0.473 e. The van der Waals surface area contributed by atoms with Crippen LogP contribution in [0.25, 0.3) is 0 Å². The largest absolute Gasteiger partial charge is 0.473 e. The molecule has 0 aliphatic carbocycles. The molecule has 0 radical (unpaired) electrons. The summed E-state index contributed by atoms with van der Waals surface area (Å²) in [6.45, 7) is 7.86. The normalized spacial score (nSPS) is 10.8. The predicted octanol–water partition coefficient (Wildman–Crippen LogP) is 3.01. The molecule has 2 rings (SSSR count). The molecular weight excluding hydrogens is 272 g/mol. The van der Waals surface area contributed by atoms with E-state index < -0.39 is 0 Å². The number of ether oxygens (including phenoxy) is 1. The van der Waals surface area contributed by atoms with Gasteiger partial charge in [-0.3, -0.25) is 0 Å². The summed E-state index contributed by atoms with van der Waals surface area (Å²) < 4.78 is 5.56. The van der Waals surface area contributed by atoms with Gasteiger partial charge in [0.15, 0.2) is 0 Å². The van der Waals surface area contributed by atoms with Gasteiger partial charge in [0.1, 0.15) is 22.1 Å². The maximum Gasteiger partial charge on any atom is 0.241 e. The van der Waals surface area contributed by atoms with E-state index in [2.05, 4.69) is 15.0 Å². The first-order valence-electron chi connectivity index (χ1n) is 6.36. The maximum absolute atomic E-state index is 6.06. The van der Waals surface area contributed by atoms with E-state index in [1.807, 2.05) is 39.8 Å². The number of aromatic nitrogens is 3. The number of nitrogens with two attached hydrogens (primary N) is 1. The molecule has 0 atom stereocenters. The summed E-state index contributed by atoms with van der Waals surface area (Å²) in [4.78, 5) is 12.7. The van der Waals surface area contributed by atoms with Crippen LogP contribution in [0.3, 0.4) is 0 Å². The lowest BCUT2D eigenvalue weighted by Gasteiger charge is -2.12.